The van der Waals surface area contributed by atoms with Crippen molar-refractivity contribution < 1.29 is 13.0 Å². The summed E-state index contributed by atoms with van der Waals surface area (Å²) in [6.07, 6.45) is 7.79. The van der Waals surface area contributed by atoms with E-state index in [0.717, 1.165) is 12.8 Å². The summed E-state index contributed by atoms with van der Waals surface area (Å²) < 4.78 is 25.9. The van der Waals surface area contributed by atoms with Crippen LogP contribution in [0.2, 0.25) is 0 Å². The molecule has 28 heavy (non-hydrogen) atoms. The van der Waals surface area contributed by atoms with E-state index in [1.165, 1.54) is 11.1 Å². The molecular weight excluding hydrogens is 370 g/mol. The van der Waals surface area contributed by atoms with Crippen LogP contribution < -0.4 is 5.32 Å². The van der Waals surface area contributed by atoms with Crippen molar-refractivity contribution in [3.8, 4) is 0 Å². The predicted octanol–water partition coefficient (Wildman–Crippen LogP) is 4.58. The van der Waals surface area contributed by atoms with Crippen LogP contribution >= 0.6 is 0 Å². The summed E-state index contributed by atoms with van der Waals surface area (Å²) in [6, 6.07) is 22.3. The van der Waals surface area contributed by atoms with Gasteiger partial charge in [0.15, 0.2) is 0 Å². The van der Waals surface area contributed by atoms with E-state index in [-0.39, 0.29) is 11.0 Å². The van der Waals surface area contributed by atoms with Crippen molar-refractivity contribution in [1.29, 1.82) is 0 Å². The minimum atomic E-state index is -3.67. The number of rotatable bonds is 3. The number of hydrogen-bond donors (Lipinski definition) is 2. The SMILES string of the molecule is CC(C)(C)NC1C=CC(c2ccccc2)(c2ccccc2)CC1.CS(=O)(=O)O. The summed E-state index contributed by atoms with van der Waals surface area (Å²) in [4.78, 5) is 0. The Morgan fingerprint density at radius 1 is 0.964 bits per heavy atom. The maximum Gasteiger partial charge on any atom is 0.261 e. The van der Waals surface area contributed by atoms with Crippen LogP contribution in [0.1, 0.15) is 44.7 Å². The van der Waals surface area contributed by atoms with Crippen LogP contribution in [0.15, 0.2) is 72.8 Å². The molecule has 4 nitrogen and oxygen atoms in total. The van der Waals surface area contributed by atoms with Gasteiger partial charge in [0.1, 0.15) is 0 Å². The quantitative estimate of drug-likeness (QED) is 0.583. The topological polar surface area (TPSA) is 66.4 Å². The lowest BCUT2D eigenvalue weighted by atomic mass is 9.68. The lowest BCUT2D eigenvalue weighted by Crippen LogP contribution is -2.45. The van der Waals surface area contributed by atoms with E-state index in [0.29, 0.717) is 12.3 Å². The molecule has 1 aliphatic rings. The van der Waals surface area contributed by atoms with Gasteiger partial charge in [-0.3, -0.25) is 4.55 Å². The molecule has 0 fully saturated rings. The largest absolute Gasteiger partial charge is 0.306 e. The number of hydrogen-bond acceptors (Lipinski definition) is 3. The van der Waals surface area contributed by atoms with E-state index < -0.39 is 10.1 Å². The Labute approximate surface area is 169 Å². The zero-order valence-electron chi connectivity index (χ0n) is 17.1. The second kappa shape index (κ2) is 9.03. The standard InChI is InChI=1S/C22H27N.CH4O3S/c1-21(2,3)23-20-14-16-22(17-15-20,18-10-6-4-7-11-18)19-12-8-5-9-13-19;1-5(2,3)4/h4-14,16,20,23H,15,17H2,1-3H3;1H3,(H,2,3,4). The fourth-order valence-electron chi connectivity index (χ4n) is 3.64. The van der Waals surface area contributed by atoms with Crippen LogP contribution in [0, 0.1) is 0 Å². The van der Waals surface area contributed by atoms with Crippen molar-refractivity contribution in [2.45, 2.75) is 50.6 Å². The first-order valence-electron chi connectivity index (χ1n) is 9.50. The molecule has 1 atom stereocenters. The monoisotopic (exact) mass is 401 g/mol. The van der Waals surface area contributed by atoms with Crippen LogP contribution in [0.5, 0.6) is 0 Å². The Kier molecular flexibility index (Phi) is 7.21. The molecular formula is C23H31NO3S. The second-order valence-electron chi connectivity index (χ2n) is 8.34. The van der Waals surface area contributed by atoms with Crippen LogP contribution in [0.25, 0.3) is 0 Å². The third-order valence-electron chi connectivity index (χ3n) is 4.66. The molecule has 0 radical (unpaired) electrons. The minimum Gasteiger partial charge on any atom is -0.306 e. The summed E-state index contributed by atoms with van der Waals surface area (Å²) in [5, 5.41) is 3.71. The normalized spacial score (nSPS) is 18.8. The molecule has 152 valence electrons. The molecule has 0 aliphatic heterocycles. The van der Waals surface area contributed by atoms with E-state index in [1.54, 1.807) is 0 Å². The molecule has 0 heterocycles. The fourth-order valence-corrected chi connectivity index (χ4v) is 3.64. The van der Waals surface area contributed by atoms with E-state index in [2.05, 4.69) is 98.9 Å². The van der Waals surface area contributed by atoms with Gasteiger partial charge in [0, 0.05) is 17.0 Å². The molecule has 2 aromatic carbocycles. The Balaban J connectivity index is 0.000000500. The van der Waals surface area contributed by atoms with Gasteiger partial charge in [-0.15, -0.1) is 0 Å². The van der Waals surface area contributed by atoms with Gasteiger partial charge in [0.25, 0.3) is 10.1 Å². The Morgan fingerprint density at radius 3 is 1.71 bits per heavy atom. The molecule has 2 aromatic rings. The van der Waals surface area contributed by atoms with E-state index in [9.17, 15) is 8.42 Å². The highest BCUT2D eigenvalue weighted by atomic mass is 32.2. The average Bonchev–Trinajstić information content (AvgIpc) is 2.61. The van der Waals surface area contributed by atoms with Crippen molar-refractivity contribution in [2.75, 3.05) is 6.26 Å². The molecule has 3 rings (SSSR count). The average molecular weight is 402 g/mol. The highest BCUT2D eigenvalue weighted by Crippen LogP contribution is 2.41. The van der Waals surface area contributed by atoms with Crippen molar-refractivity contribution in [2.24, 2.45) is 0 Å². The highest BCUT2D eigenvalue weighted by Gasteiger charge is 2.35. The lowest BCUT2D eigenvalue weighted by Gasteiger charge is -2.39. The third-order valence-corrected chi connectivity index (χ3v) is 4.66. The van der Waals surface area contributed by atoms with Crippen molar-refractivity contribution in [1.82, 2.24) is 5.32 Å². The van der Waals surface area contributed by atoms with Crippen LogP contribution in [0.4, 0.5) is 0 Å². The second-order valence-corrected chi connectivity index (χ2v) is 9.80. The maximum absolute atomic E-state index is 9.19. The Hall–Kier alpha value is -1.95. The molecule has 0 aromatic heterocycles. The Bertz CT molecular complexity index is 822. The molecule has 0 saturated carbocycles. The van der Waals surface area contributed by atoms with Crippen LogP contribution in [0.3, 0.4) is 0 Å². The minimum absolute atomic E-state index is 0.00140. The molecule has 0 amide bonds. The summed E-state index contributed by atoms with van der Waals surface area (Å²) in [5.74, 6) is 0. The number of allylic oxidation sites excluding steroid dienone is 1. The highest BCUT2D eigenvalue weighted by molar-refractivity contribution is 7.85. The van der Waals surface area contributed by atoms with Gasteiger partial charge in [-0.1, -0.05) is 72.8 Å². The molecule has 1 aliphatic carbocycles. The summed E-state index contributed by atoms with van der Waals surface area (Å²) >= 11 is 0. The van der Waals surface area contributed by atoms with Gasteiger partial charge >= 0.3 is 0 Å². The predicted molar refractivity (Wildman–Crippen MR) is 116 cm³/mol. The molecule has 1 unspecified atom stereocenters. The smallest absolute Gasteiger partial charge is 0.261 e. The van der Waals surface area contributed by atoms with Crippen molar-refractivity contribution in [3.05, 3.63) is 83.9 Å². The first-order chi connectivity index (χ1) is 13.0. The zero-order chi connectivity index (χ0) is 20.8. The summed E-state index contributed by atoms with van der Waals surface area (Å²) in [5.41, 5.74) is 2.92. The number of nitrogens with one attached hydrogen (secondary N) is 1. The molecule has 0 saturated heterocycles. The molecule has 0 bridgehead atoms. The third kappa shape index (κ3) is 6.89. The van der Waals surface area contributed by atoms with Crippen molar-refractivity contribution in [3.63, 3.8) is 0 Å². The van der Waals surface area contributed by atoms with E-state index >= 15 is 0 Å². The zero-order valence-corrected chi connectivity index (χ0v) is 17.9. The first kappa shape index (κ1) is 22.3. The van der Waals surface area contributed by atoms with Gasteiger partial charge in [-0.2, -0.15) is 8.42 Å². The van der Waals surface area contributed by atoms with Crippen LogP contribution in [-0.2, 0) is 15.5 Å². The lowest BCUT2D eigenvalue weighted by molar-refractivity contribution is 0.352. The van der Waals surface area contributed by atoms with Gasteiger partial charge in [0.05, 0.1) is 6.26 Å². The summed E-state index contributed by atoms with van der Waals surface area (Å²) in [7, 11) is -3.67. The molecule has 5 heteroatoms. The molecule has 2 N–H and O–H groups in total. The maximum atomic E-state index is 9.19. The summed E-state index contributed by atoms with van der Waals surface area (Å²) in [6.45, 7) is 6.70. The Morgan fingerprint density at radius 2 is 1.39 bits per heavy atom. The first-order valence-corrected chi connectivity index (χ1v) is 11.3. The van der Waals surface area contributed by atoms with Gasteiger partial charge < -0.3 is 5.32 Å². The van der Waals surface area contributed by atoms with Crippen LogP contribution in [-0.4, -0.2) is 30.8 Å². The molecule has 0 spiro atoms. The van der Waals surface area contributed by atoms with Gasteiger partial charge in [-0.05, 0) is 44.7 Å². The van der Waals surface area contributed by atoms with Crippen molar-refractivity contribution >= 4 is 10.1 Å². The van der Waals surface area contributed by atoms with E-state index in [1.807, 2.05) is 0 Å². The van der Waals surface area contributed by atoms with E-state index in [4.69, 9.17) is 4.55 Å². The fraction of sp³-hybridized carbons (Fsp3) is 0.391. The van der Waals surface area contributed by atoms with Gasteiger partial charge in [0.2, 0.25) is 0 Å². The number of benzene rings is 2. The van der Waals surface area contributed by atoms with Gasteiger partial charge in [-0.25, -0.2) is 0 Å².